The second-order valence-corrected chi connectivity index (χ2v) is 5.78. The van der Waals surface area contributed by atoms with Gasteiger partial charge < -0.3 is 5.32 Å². The molecule has 1 saturated heterocycles. The molecule has 1 atom stereocenters. The van der Waals surface area contributed by atoms with Crippen LogP contribution in [-0.2, 0) is 0 Å². The first kappa shape index (κ1) is 14.5. The molecule has 4 nitrogen and oxygen atoms in total. The topological polar surface area (TPSA) is 41.0 Å². The van der Waals surface area contributed by atoms with Crippen molar-refractivity contribution >= 4 is 17.4 Å². The third-order valence-corrected chi connectivity index (χ3v) is 3.85. The Hall–Kier alpha value is -0.870. The summed E-state index contributed by atoms with van der Waals surface area (Å²) in [7, 11) is 0. The lowest BCUT2D eigenvalue weighted by Gasteiger charge is -2.23. The van der Waals surface area contributed by atoms with Crippen LogP contribution in [0.4, 0.5) is 5.82 Å². The van der Waals surface area contributed by atoms with E-state index in [-0.39, 0.29) is 5.92 Å². The molecule has 2 rings (SSSR count). The molecule has 0 saturated carbocycles. The molecule has 1 N–H and O–H groups in total. The van der Waals surface area contributed by atoms with Gasteiger partial charge in [-0.3, -0.25) is 4.90 Å². The van der Waals surface area contributed by atoms with Gasteiger partial charge in [0, 0.05) is 24.6 Å². The van der Waals surface area contributed by atoms with E-state index in [1.165, 1.54) is 19.4 Å². The highest BCUT2D eigenvalue weighted by molar-refractivity contribution is 6.29. The van der Waals surface area contributed by atoms with Crippen LogP contribution in [0.3, 0.4) is 0 Å². The highest BCUT2D eigenvalue weighted by Crippen LogP contribution is 2.19. The third-order valence-electron chi connectivity index (χ3n) is 3.65. The number of likely N-dealkylation sites (tertiary alicyclic amines) is 1. The molecule has 0 bridgehead atoms. The van der Waals surface area contributed by atoms with Gasteiger partial charge in [0.25, 0.3) is 0 Å². The molecular formula is C14H23ClN4. The molecule has 1 aliphatic rings. The van der Waals surface area contributed by atoms with E-state index in [9.17, 15) is 0 Å². The zero-order valence-electron chi connectivity index (χ0n) is 12.0. The van der Waals surface area contributed by atoms with Crippen LogP contribution in [0.15, 0.2) is 6.07 Å². The zero-order valence-corrected chi connectivity index (χ0v) is 12.7. The number of nitrogens with one attached hydrogen (secondary N) is 1. The lowest BCUT2D eigenvalue weighted by molar-refractivity contribution is 0.277. The van der Waals surface area contributed by atoms with E-state index in [1.807, 2.05) is 0 Å². The summed E-state index contributed by atoms with van der Waals surface area (Å²) in [6, 6.07) is 2.42. The van der Waals surface area contributed by atoms with Gasteiger partial charge in [0.15, 0.2) is 0 Å². The van der Waals surface area contributed by atoms with Gasteiger partial charge in [-0.25, -0.2) is 9.97 Å². The maximum atomic E-state index is 6.04. The summed E-state index contributed by atoms with van der Waals surface area (Å²) in [5, 5.41) is 3.92. The van der Waals surface area contributed by atoms with Crippen molar-refractivity contribution in [2.75, 3.05) is 25.0 Å². The standard InChI is InChI=1S/C14H23ClN4/c1-4-19-7-5-6-11(19)9-16-13-8-12(15)17-14(18-13)10(2)3/h8,10-11H,4-7,9H2,1-3H3,(H,16,17,18). The van der Waals surface area contributed by atoms with E-state index >= 15 is 0 Å². The molecule has 106 valence electrons. The first-order valence-corrected chi connectivity index (χ1v) is 7.50. The smallest absolute Gasteiger partial charge is 0.135 e. The minimum atomic E-state index is 0.290. The number of nitrogens with zero attached hydrogens (tertiary/aromatic N) is 3. The van der Waals surface area contributed by atoms with Gasteiger partial charge in [-0.1, -0.05) is 32.4 Å². The van der Waals surface area contributed by atoms with Gasteiger partial charge in [0.05, 0.1) is 0 Å². The van der Waals surface area contributed by atoms with Crippen molar-refractivity contribution in [3.63, 3.8) is 0 Å². The van der Waals surface area contributed by atoms with Gasteiger partial charge in [-0.05, 0) is 25.9 Å². The fraction of sp³-hybridized carbons (Fsp3) is 0.714. The Morgan fingerprint density at radius 1 is 1.47 bits per heavy atom. The third kappa shape index (κ3) is 3.80. The normalized spacial score (nSPS) is 20.2. The average molecular weight is 283 g/mol. The van der Waals surface area contributed by atoms with E-state index in [4.69, 9.17) is 11.6 Å². The van der Waals surface area contributed by atoms with E-state index in [1.54, 1.807) is 6.07 Å². The lowest BCUT2D eigenvalue weighted by Crippen LogP contribution is -2.34. The van der Waals surface area contributed by atoms with Crippen molar-refractivity contribution in [1.82, 2.24) is 14.9 Å². The van der Waals surface area contributed by atoms with Crippen LogP contribution < -0.4 is 5.32 Å². The number of rotatable bonds is 5. The van der Waals surface area contributed by atoms with Gasteiger partial charge in [-0.2, -0.15) is 0 Å². The molecule has 1 unspecified atom stereocenters. The fourth-order valence-electron chi connectivity index (χ4n) is 2.55. The maximum Gasteiger partial charge on any atom is 0.135 e. The van der Waals surface area contributed by atoms with E-state index in [0.717, 1.165) is 24.7 Å². The van der Waals surface area contributed by atoms with Crippen molar-refractivity contribution in [2.45, 2.75) is 45.6 Å². The monoisotopic (exact) mass is 282 g/mol. The van der Waals surface area contributed by atoms with Crippen molar-refractivity contribution in [2.24, 2.45) is 0 Å². The van der Waals surface area contributed by atoms with E-state index < -0.39 is 0 Å². The molecule has 5 heteroatoms. The van der Waals surface area contributed by atoms with Crippen LogP contribution in [0.1, 0.15) is 45.4 Å². The lowest BCUT2D eigenvalue weighted by atomic mass is 10.2. The van der Waals surface area contributed by atoms with Crippen molar-refractivity contribution in [3.05, 3.63) is 17.0 Å². The molecule has 0 aliphatic carbocycles. The fourth-order valence-corrected chi connectivity index (χ4v) is 2.74. The molecule has 1 aliphatic heterocycles. The minimum absolute atomic E-state index is 0.290. The second-order valence-electron chi connectivity index (χ2n) is 5.39. The molecule has 0 radical (unpaired) electrons. The van der Waals surface area contributed by atoms with Crippen LogP contribution in [0.2, 0.25) is 5.15 Å². The quantitative estimate of drug-likeness (QED) is 0.843. The molecule has 0 spiro atoms. The predicted octanol–water partition coefficient (Wildman–Crippen LogP) is 3.15. The summed E-state index contributed by atoms with van der Waals surface area (Å²) in [5.74, 6) is 1.93. The van der Waals surface area contributed by atoms with Gasteiger partial charge in [0.1, 0.15) is 16.8 Å². The summed E-state index contributed by atoms with van der Waals surface area (Å²) in [5.41, 5.74) is 0. The average Bonchev–Trinajstić information content (AvgIpc) is 2.83. The number of likely N-dealkylation sites (N-methyl/N-ethyl adjacent to an activating group) is 1. The molecule has 0 aromatic carbocycles. The van der Waals surface area contributed by atoms with E-state index in [2.05, 4.69) is 41.0 Å². The Morgan fingerprint density at radius 3 is 2.95 bits per heavy atom. The Morgan fingerprint density at radius 2 is 2.26 bits per heavy atom. The first-order chi connectivity index (χ1) is 9.10. The maximum absolute atomic E-state index is 6.04. The predicted molar refractivity (Wildman–Crippen MR) is 79.9 cm³/mol. The van der Waals surface area contributed by atoms with Crippen LogP contribution in [0.5, 0.6) is 0 Å². The zero-order chi connectivity index (χ0) is 13.8. The molecule has 1 aromatic heterocycles. The summed E-state index contributed by atoms with van der Waals surface area (Å²) < 4.78 is 0. The number of hydrogen-bond donors (Lipinski definition) is 1. The highest BCUT2D eigenvalue weighted by atomic mass is 35.5. The molecular weight excluding hydrogens is 260 g/mol. The summed E-state index contributed by atoms with van der Waals surface area (Å²) in [6.45, 7) is 9.63. The van der Waals surface area contributed by atoms with Gasteiger partial charge >= 0.3 is 0 Å². The minimum Gasteiger partial charge on any atom is -0.368 e. The van der Waals surface area contributed by atoms with Crippen LogP contribution >= 0.6 is 11.6 Å². The molecule has 2 heterocycles. The van der Waals surface area contributed by atoms with Crippen molar-refractivity contribution in [1.29, 1.82) is 0 Å². The Kier molecular flexibility index (Phi) is 4.99. The number of hydrogen-bond acceptors (Lipinski definition) is 4. The van der Waals surface area contributed by atoms with Crippen LogP contribution in [0.25, 0.3) is 0 Å². The molecule has 19 heavy (non-hydrogen) atoms. The molecule has 1 aromatic rings. The van der Waals surface area contributed by atoms with Crippen LogP contribution in [0, 0.1) is 0 Å². The molecule has 1 fully saturated rings. The summed E-state index contributed by atoms with van der Waals surface area (Å²) in [4.78, 5) is 11.3. The Labute approximate surface area is 120 Å². The molecule has 0 amide bonds. The Balaban J connectivity index is 1.99. The van der Waals surface area contributed by atoms with Gasteiger partial charge in [0.2, 0.25) is 0 Å². The van der Waals surface area contributed by atoms with E-state index in [0.29, 0.717) is 11.2 Å². The highest BCUT2D eigenvalue weighted by Gasteiger charge is 2.22. The Bertz CT molecular complexity index is 422. The SMILES string of the molecule is CCN1CCCC1CNc1cc(Cl)nc(C(C)C)n1. The van der Waals surface area contributed by atoms with Crippen LogP contribution in [-0.4, -0.2) is 40.5 Å². The largest absolute Gasteiger partial charge is 0.368 e. The summed E-state index contributed by atoms with van der Waals surface area (Å²) in [6.07, 6.45) is 2.55. The number of halogens is 1. The number of anilines is 1. The van der Waals surface area contributed by atoms with Crippen molar-refractivity contribution in [3.8, 4) is 0 Å². The van der Waals surface area contributed by atoms with Gasteiger partial charge in [-0.15, -0.1) is 0 Å². The second kappa shape index (κ2) is 6.53. The first-order valence-electron chi connectivity index (χ1n) is 7.12. The number of aromatic nitrogens is 2. The summed E-state index contributed by atoms with van der Waals surface area (Å²) >= 11 is 6.04. The van der Waals surface area contributed by atoms with Crippen molar-refractivity contribution < 1.29 is 0 Å².